The van der Waals surface area contributed by atoms with Crippen molar-refractivity contribution in [2.24, 2.45) is 0 Å². The Morgan fingerprint density at radius 1 is 1.22 bits per heavy atom. The van der Waals surface area contributed by atoms with Gasteiger partial charge >= 0.3 is 0 Å². The molecule has 3 heteroatoms. The van der Waals surface area contributed by atoms with Crippen molar-refractivity contribution in [2.75, 3.05) is 0 Å². The van der Waals surface area contributed by atoms with Gasteiger partial charge in [-0.2, -0.15) is 5.10 Å². The lowest BCUT2D eigenvalue weighted by atomic mass is 9.87. The summed E-state index contributed by atoms with van der Waals surface area (Å²) in [6.07, 6.45) is 5.01. The fourth-order valence-electron chi connectivity index (χ4n) is 2.14. The Labute approximate surface area is 108 Å². The first-order chi connectivity index (χ1) is 8.68. The maximum atomic E-state index is 10.8. The molecule has 2 aromatic rings. The van der Waals surface area contributed by atoms with Gasteiger partial charge in [-0.3, -0.25) is 4.68 Å². The van der Waals surface area contributed by atoms with Crippen molar-refractivity contribution in [1.82, 2.24) is 9.78 Å². The van der Waals surface area contributed by atoms with Crippen LogP contribution in [0, 0.1) is 0 Å². The first-order valence-corrected chi connectivity index (χ1v) is 6.47. The SMILES string of the molecule is CCn1cc(C(O)(CC)Cc2ccccc2)cn1. The third-order valence-electron chi connectivity index (χ3n) is 3.42. The van der Waals surface area contributed by atoms with Gasteiger partial charge in [-0.05, 0) is 18.9 Å². The van der Waals surface area contributed by atoms with Crippen molar-refractivity contribution < 1.29 is 5.11 Å². The molecule has 0 bridgehead atoms. The first kappa shape index (κ1) is 12.8. The minimum atomic E-state index is -0.825. The molecule has 0 saturated carbocycles. The number of aliphatic hydroxyl groups is 1. The van der Waals surface area contributed by atoms with Crippen LogP contribution in [-0.4, -0.2) is 14.9 Å². The van der Waals surface area contributed by atoms with E-state index in [-0.39, 0.29) is 0 Å². The maximum absolute atomic E-state index is 10.8. The number of hydrogen-bond donors (Lipinski definition) is 1. The molecule has 1 unspecified atom stereocenters. The van der Waals surface area contributed by atoms with E-state index in [9.17, 15) is 5.11 Å². The van der Waals surface area contributed by atoms with Gasteiger partial charge < -0.3 is 5.11 Å². The number of hydrogen-bond acceptors (Lipinski definition) is 2. The van der Waals surface area contributed by atoms with Crippen molar-refractivity contribution in [3.63, 3.8) is 0 Å². The molecule has 0 aliphatic carbocycles. The number of aryl methyl sites for hydroxylation is 1. The highest BCUT2D eigenvalue weighted by Gasteiger charge is 2.28. The van der Waals surface area contributed by atoms with E-state index < -0.39 is 5.60 Å². The molecule has 1 aromatic carbocycles. The van der Waals surface area contributed by atoms with Crippen molar-refractivity contribution in [2.45, 2.75) is 38.8 Å². The Morgan fingerprint density at radius 3 is 2.50 bits per heavy atom. The molecule has 1 atom stereocenters. The largest absolute Gasteiger partial charge is 0.385 e. The average molecular weight is 244 g/mol. The normalized spacial score (nSPS) is 14.4. The van der Waals surface area contributed by atoms with Crippen LogP contribution in [0.15, 0.2) is 42.7 Å². The maximum Gasteiger partial charge on any atom is 0.0964 e. The molecule has 0 fully saturated rings. The molecule has 96 valence electrons. The Morgan fingerprint density at radius 2 is 1.94 bits per heavy atom. The molecule has 0 aliphatic heterocycles. The van der Waals surface area contributed by atoms with Crippen LogP contribution in [0.2, 0.25) is 0 Å². The second-order valence-corrected chi connectivity index (χ2v) is 4.63. The standard InChI is InChI=1S/C15H20N2O/c1-3-15(18,10-13-8-6-5-7-9-13)14-11-16-17(4-2)12-14/h5-9,11-12,18H,3-4,10H2,1-2H3. The van der Waals surface area contributed by atoms with Gasteiger partial charge in [0.2, 0.25) is 0 Å². The van der Waals surface area contributed by atoms with E-state index in [1.165, 1.54) is 0 Å². The molecular formula is C15H20N2O. The second kappa shape index (κ2) is 5.36. The van der Waals surface area contributed by atoms with Gasteiger partial charge in [-0.1, -0.05) is 37.3 Å². The van der Waals surface area contributed by atoms with E-state index in [2.05, 4.69) is 5.10 Å². The van der Waals surface area contributed by atoms with Crippen LogP contribution in [0.5, 0.6) is 0 Å². The monoisotopic (exact) mass is 244 g/mol. The number of nitrogens with zero attached hydrogens (tertiary/aromatic N) is 2. The smallest absolute Gasteiger partial charge is 0.0964 e. The Kier molecular flexibility index (Phi) is 3.82. The zero-order valence-corrected chi connectivity index (χ0v) is 11.0. The highest BCUT2D eigenvalue weighted by Crippen LogP contribution is 2.28. The molecule has 3 nitrogen and oxygen atoms in total. The Hall–Kier alpha value is -1.61. The van der Waals surface area contributed by atoms with E-state index in [1.54, 1.807) is 6.20 Å². The molecule has 0 spiro atoms. The summed E-state index contributed by atoms with van der Waals surface area (Å²) in [5, 5.41) is 15.0. The highest BCUT2D eigenvalue weighted by molar-refractivity contribution is 5.23. The van der Waals surface area contributed by atoms with E-state index in [4.69, 9.17) is 0 Å². The van der Waals surface area contributed by atoms with Crippen molar-refractivity contribution >= 4 is 0 Å². The van der Waals surface area contributed by atoms with Crippen LogP contribution < -0.4 is 0 Å². The number of benzene rings is 1. The third-order valence-corrected chi connectivity index (χ3v) is 3.42. The topological polar surface area (TPSA) is 38.0 Å². The molecule has 0 saturated heterocycles. The third kappa shape index (κ3) is 2.62. The van der Waals surface area contributed by atoms with Crippen LogP contribution in [0.25, 0.3) is 0 Å². The fraction of sp³-hybridized carbons (Fsp3) is 0.400. The van der Waals surface area contributed by atoms with Crippen LogP contribution in [0.4, 0.5) is 0 Å². The Balaban J connectivity index is 2.24. The predicted molar refractivity (Wildman–Crippen MR) is 72.2 cm³/mol. The summed E-state index contributed by atoms with van der Waals surface area (Å²) in [7, 11) is 0. The lowest BCUT2D eigenvalue weighted by Gasteiger charge is -2.25. The molecule has 0 amide bonds. The molecule has 2 rings (SSSR count). The zero-order valence-electron chi connectivity index (χ0n) is 11.0. The van der Waals surface area contributed by atoms with E-state index >= 15 is 0 Å². The second-order valence-electron chi connectivity index (χ2n) is 4.63. The molecule has 0 aliphatic rings. The van der Waals surface area contributed by atoms with Crippen molar-refractivity contribution in [3.05, 3.63) is 53.9 Å². The summed E-state index contributed by atoms with van der Waals surface area (Å²) in [5.41, 5.74) is 1.22. The van der Waals surface area contributed by atoms with Gasteiger partial charge in [-0.25, -0.2) is 0 Å². The lowest BCUT2D eigenvalue weighted by molar-refractivity contribution is 0.0326. The van der Waals surface area contributed by atoms with Gasteiger partial charge in [0.1, 0.15) is 0 Å². The molecular weight excluding hydrogens is 224 g/mol. The van der Waals surface area contributed by atoms with Gasteiger partial charge in [0.25, 0.3) is 0 Å². The minimum Gasteiger partial charge on any atom is -0.385 e. The van der Waals surface area contributed by atoms with Crippen molar-refractivity contribution in [1.29, 1.82) is 0 Å². The van der Waals surface area contributed by atoms with Gasteiger partial charge in [-0.15, -0.1) is 0 Å². The lowest BCUT2D eigenvalue weighted by Crippen LogP contribution is -2.27. The number of rotatable bonds is 5. The summed E-state index contributed by atoms with van der Waals surface area (Å²) in [6, 6.07) is 10.1. The zero-order chi connectivity index (χ0) is 13.0. The van der Waals surface area contributed by atoms with E-state index in [1.807, 2.05) is 55.1 Å². The fourth-order valence-corrected chi connectivity index (χ4v) is 2.14. The summed E-state index contributed by atoms with van der Waals surface area (Å²) in [6.45, 7) is 4.87. The molecule has 1 heterocycles. The van der Waals surface area contributed by atoms with Crippen molar-refractivity contribution in [3.8, 4) is 0 Å². The van der Waals surface area contributed by atoms with Crippen LogP contribution in [0.1, 0.15) is 31.4 Å². The number of aromatic nitrogens is 2. The quantitative estimate of drug-likeness (QED) is 0.878. The summed E-state index contributed by atoms with van der Waals surface area (Å²) >= 11 is 0. The highest BCUT2D eigenvalue weighted by atomic mass is 16.3. The molecule has 0 radical (unpaired) electrons. The van der Waals surface area contributed by atoms with Gasteiger partial charge in [0.15, 0.2) is 0 Å². The molecule has 1 N–H and O–H groups in total. The van der Waals surface area contributed by atoms with Crippen LogP contribution >= 0.6 is 0 Å². The van der Waals surface area contributed by atoms with Gasteiger partial charge in [0.05, 0.1) is 11.8 Å². The molecule has 18 heavy (non-hydrogen) atoms. The average Bonchev–Trinajstić information content (AvgIpc) is 2.89. The van der Waals surface area contributed by atoms with Crippen LogP contribution in [0.3, 0.4) is 0 Å². The summed E-state index contributed by atoms with van der Waals surface area (Å²) < 4.78 is 1.85. The summed E-state index contributed by atoms with van der Waals surface area (Å²) in [4.78, 5) is 0. The van der Waals surface area contributed by atoms with E-state index in [0.717, 1.165) is 17.7 Å². The van der Waals surface area contributed by atoms with Gasteiger partial charge in [0, 0.05) is 24.7 Å². The summed E-state index contributed by atoms with van der Waals surface area (Å²) in [5.74, 6) is 0. The predicted octanol–water partition coefficient (Wildman–Crippen LogP) is 2.74. The first-order valence-electron chi connectivity index (χ1n) is 6.47. The minimum absolute atomic E-state index is 0.625. The van der Waals surface area contributed by atoms with Crippen LogP contribution in [-0.2, 0) is 18.6 Å². The van der Waals surface area contributed by atoms with E-state index in [0.29, 0.717) is 12.8 Å². The Bertz CT molecular complexity index is 492. The molecule has 1 aromatic heterocycles.